The SMILES string of the molecule is CC(C)(C)c1ccc(C=CC(=O)c2ccc(SC(F)(F)F)cc2)cc1. The van der Waals surface area contributed by atoms with Gasteiger partial charge in [0, 0.05) is 10.5 Å². The molecule has 0 aliphatic rings. The molecule has 0 unspecified atom stereocenters. The largest absolute Gasteiger partial charge is 0.446 e. The summed E-state index contributed by atoms with van der Waals surface area (Å²) in [7, 11) is 0. The number of rotatable bonds is 4. The molecule has 0 amide bonds. The van der Waals surface area contributed by atoms with E-state index in [2.05, 4.69) is 20.8 Å². The predicted molar refractivity (Wildman–Crippen MR) is 96.9 cm³/mol. The van der Waals surface area contributed by atoms with Crippen LogP contribution in [0.4, 0.5) is 13.2 Å². The second-order valence-electron chi connectivity index (χ2n) is 6.64. The Balaban J connectivity index is 2.05. The van der Waals surface area contributed by atoms with Gasteiger partial charge in [-0.2, -0.15) is 13.2 Å². The first-order chi connectivity index (χ1) is 11.5. The molecule has 2 aromatic carbocycles. The topological polar surface area (TPSA) is 17.1 Å². The van der Waals surface area contributed by atoms with E-state index < -0.39 is 5.51 Å². The van der Waals surface area contributed by atoms with Crippen LogP contribution in [0.5, 0.6) is 0 Å². The maximum Gasteiger partial charge on any atom is 0.446 e. The van der Waals surface area contributed by atoms with Crippen molar-refractivity contribution in [1.82, 2.24) is 0 Å². The summed E-state index contributed by atoms with van der Waals surface area (Å²) in [6, 6.07) is 13.3. The third kappa shape index (κ3) is 6.09. The van der Waals surface area contributed by atoms with Crippen molar-refractivity contribution < 1.29 is 18.0 Å². The van der Waals surface area contributed by atoms with Crippen LogP contribution in [-0.2, 0) is 5.41 Å². The number of ketones is 1. The van der Waals surface area contributed by atoms with Crippen LogP contribution in [0.3, 0.4) is 0 Å². The molecule has 0 saturated heterocycles. The number of halogens is 3. The van der Waals surface area contributed by atoms with Gasteiger partial charge in [-0.25, -0.2) is 0 Å². The van der Waals surface area contributed by atoms with Crippen molar-refractivity contribution in [2.75, 3.05) is 0 Å². The van der Waals surface area contributed by atoms with E-state index in [0.717, 1.165) is 5.56 Å². The van der Waals surface area contributed by atoms with Crippen molar-refractivity contribution in [3.05, 3.63) is 71.3 Å². The van der Waals surface area contributed by atoms with Crippen LogP contribution in [0.1, 0.15) is 42.3 Å². The van der Waals surface area contributed by atoms with E-state index in [9.17, 15) is 18.0 Å². The van der Waals surface area contributed by atoms with Crippen LogP contribution in [-0.4, -0.2) is 11.3 Å². The van der Waals surface area contributed by atoms with Gasteiger partial charge in [-0.3, -0.25) is 4.79 Å². The minimum Gasteiger partial charge on any atom is -0.289 e. The van der Waals surface area contributed by atoms with Crippen molar-refractivity contribution in [3.63, 3.8) is 0 Å². The van der Waals surface area contributed by atoms with Gasteiger partial charge in [-0.05, 0) is 58.6 Å². The molecule has 5 heteroatoms. The average molecular weight is 364 g/mol. The first-order valence-corrected chi connectivity index (χ1v) is 8.55. The summed E-state index contributed by atoms with van der Waals surface area (Å²) in [5.41, 5.74) is -1.81. The molecule has 132 valence electrons. The Hall–Kier alpha value is -2.01. The van der Waals surface area contributed by atoms with Crippen LogP contribution in [0.2, 0.25) is 0 Å². The van der Waals surface area contributed by atoms with Crippen molar-refractivity contribution in [2.45, 2.75) is 36.6 Å². The Morgan fingerprint density at radius 2 is 1.48 bits per heavy atom. The summed E-state index contributed by atoms with van der Waals surface area (Å²) in [4.78, 5) is 12.2. The van der Waals surface area contributed by atoms with Gasteiger partial charge in [0.15, 0.2) is 5.78 Å². The normalized spacial score (nSPS) is 12.6. The van der Waals surface area contributed by atoms with E-state index in [4.69, 9.17) is 0 Å². The van der Waals surface area contributed by atoms with Crippen LogP contribution in [0.25, 0.3) is 6.08 Å². The highest BCUT2D eigenvalue weighted by Crippen LogP contribution is 2.36. The third-order valence-corrected chi connectivity index (χ3v) is 4.32. The smallest absolute Gasteiger partial charge is 0.289 e. The van der Waals surface area contributed by atoms with Gasteiger partial charge >= 0.3 is 5.51 Å². The summed E-state index contributed by atoms with van der Waals surface area (Å²) in [6.07, 6.45) is 3.13. The van der Waals surface area contributed by atoms with E-state index in [0.29, 0.717) is 5.56 Å². The van der Waals surface area contributed by atoms with Crippen molar-refractivity contribution in [2.24, 2.45) is 0 Å². The lowest BCUT2D eigenvalue weighted by atomic mass is 9.87. The van der Waals surface area contributed by atoms with Gasteiger partial charge in [-0.1, -0.05) is 51.1 Å². The minimum atomic E-state index is -4.33. The van der Waals surface area contributed by atoms with Gasteiger partial charge in [-0.15, -0.1) is 0 Å². The Kier molecular flexibility index (Phi) is 5.78. The number of hydrogen-bond acceptors (Lipinski definition) is 2. The number of carbonyl (C=O) groups is 1. The molecule has 0 saturated carbocycles. The lowest BCUT2D eigenvalue weighted by molar-refractivity contribution is -0.0328. The highest BCUT2D eigenvalue weighted by molar-refractivity contribution is 8.00. The number of hydrogen-bond donors (Lipinski definition) is 0. The molecule has 0 fully saturated rings. The van der Waals surface area contributed by atoms with Crippen LogP contribution >= 0.6 is 11.8 Å². The Labute approximate surface area is 149 Å². The molecule has 0 aliphatic carbocycles. The quantitative estimate of drug-likeness (QED) is 0.350. The predicted octanol–water partition coefficient (Wildman–Crippen LogP) is 6.49. The summed E-state index contributed by atoms with van der Waals surface area (Å²) < 4.78 is 36.9. The number of benzene rings is 2. The fourth-order valence-corrected chi connectivity index (χ4v) is 2.72. The summed E-state index contributed by atoms with van der Waals surface area (Å²) in [5, 5.41) is 0. The fourth-order valence-electron chi connectivity index (χ4n) is 2.18. The molecule has 0 spiro atoms. The summed E-state index contributed by atoms with van der Waals surface area (Å²) >= 11 is -0.195. The molecule has 25 heavy (non-hydrogen) atoms. The summed E-state index contributed by atoms with van der Waals surface area (Å²) in [5.74, 6) is -0.247. The van der Waals surface area contributed by atoms with E-state index in [1.54, 1.807) is 6.08 Å². The molecule has 0 aliphatic heterocycles. The molecule has 0 N–H and O–H groups in total. The molecular weight excluding hydrogens is 345 g/mol. The number of allylic oxidation sites excluding steroid dienone is 1. The van der Waals surface area contributed by atoms with E-state index in [1.165, 1.54) is 35.9 Å². The highest BCUT2D eigenvalue weighted by atomic mass is 32.2. The van der Waals surface area contributed by atoms with Crippen LogP contribution < -0.4 is 0 Å². The first kappa shape index (κ1) is 19.3. The first-order valence-electron chi connectivity index (χ1n) is 7.73. The zero-order chi connectivity index (χ0) is 18.7. The van der Waals surface area contributed by atoms with Crippen molar-refractivity contribution >= 4 is 23.6 Å². The Morgan fingerprint density at radius 1 is 0.920 bits per heavy atom. The van der Waals surface area contributed by atoms with E-state index in [-0.39, 0.29) is 27.9 Å². The highest BCUT2D eigenvalue weighted by Gasteiger charge is 2.29. The number of thioether (sulfide) groups is 1. The Bertz CT molecular complexity index is 752. The molecule has 0 aromatic heterocycles. The second-order valence-corrected chi connectivity index (χ2v) is 7.78. The van der Waals surface area contributed by atoms with Crippen LogP contribution in [0, 0.1) is 0 Å². The molecule has 0 radical (unpaired) electrons. The molecule has 2 rings (SSSR count). The van der Waals surface area contributed by atoms with Gasteiger partial charge < -0.3 is 0 Å². The fraction of sp³-hybridized carbons (Fsp3) is 0.250. The van der Waals surface area contributed by atoms with Crippen molar-refractivity contribution in [1.29, 1.82) is 0 Å². The minimum absolute atomic E-state index is 0.0609. The molecule has 0 bridgehead atoms. The molecule has 2 aromatic rings. The molecular formula is C20H19F3OS. The molecule has 1 nitrogen and oxygen atoms in total. The lowest BCUT2D eigenvalue weighted by Gasteiger charge is -2.18. The number of alkyl halides is 3. The monoisotopic (exact) mass is 364 g/mol. The zero-order valence-electron chi connectivity index (χ0n) is 14.2. The van der Waals surface area contributed by atoms with Crippen LogP contribution in [0.15, 0.2) is 59.5 Å². The van der Waals surface area contributed by atoms with Gasteiger partial charge in [0.25, 0.3) is 0 Å². The standard InChI is InChI=1S/C20H19F3OS/c1-19(2,3)16-9-4-14(5-10-16)6-13-18(24)15-7-11-17(12-8-15)25-20(21,22)23/h4-13H,1-3H3. The van der Waals surface area contributed by atoms with E-state index >= 15 is 0 Å². The molecule has 0 atom stereocenters. The Morgan fingerprint density at radius 3 is 1.96 bits per heavy atom. The zero-order valence-corrected chi connectivity index (χ0v) is 15.0. The maximum absolute atomic E-state index is 12.3. The number of carbonyl (C=O) groups excluding carboxylic acids is 1. The van der Waals surface area contributed by atoms with Gasteiger partial charge in [0.1, 0.15) is 0 Å². The second kappa shape index (κ2) is 7.48. The molecule has 0 heterocycles. The maximum atomic E-state index is 12.3. The van der Waals surface area contributed by atoms with Gasteiger partial charge in [0.05, 0.1) is 0 Å². The summed E-state index contributed by atoms with van der Waals surface area (Å²) in [6.45, 7) is 6.38. The van der Waals surface area contributed by atoms with Gasteiger partial charge in [0.2, 0.25) is 0 Å². The third-order valence-electron chi connectivity index (χ3n) is 3.58. The van der Waals surface area contributed by atoms with Crippen molar-refractivity contribution in [3.8, 4) is 0 Å². The van der Waals surface area contributed by atoms with E-state index in [1.807, 2.05) is 24.3 Å². The lowest BCUT2D eigenvalue weighted by Crippen LogP contribution is -2.10. The average Bonchev–Trinajstić information content (AvgIpc) is 2.51.